The summed E-state index contributed by atoms with van der Waals surface area (Å²) < 4.78 is 13.7. The molecule has 8 heteroatoms. The van der Waals surface area contributed by atoms with Crippen molar-refractivity contribution in [2.24, 2.45) is 0 Å². The van der Waals surface area contributed by atoms with E-state index in [9.17, 15) is 9.50 Å². The molecule has 5 rings (SSSR count). The first-order valence-electron chi connectivity index (χ1n) is 14.1. The predicted octanol–water partition coefficient (Wildman–Crippen LogP) is 6.42. The fourth-order valence-electron chi connectivity index (χ4n) is 6.36. The van der Waals surface area contributed by atoms with Gasteiger partial charge in [-0.05, 0) is 79.7 Å². The number of piperazine rings is 1. The van der Waals surface area contributed by atoms with E-state index >= 15 is 0 Å². The molecule has 3 aromatic carbocycles. The molecule has 2 aliphatic heterocycles. The van der Waals surface area contributed by atoms with Gasteiger partial charge in [0.25, 0.3) is 0 Å². The largest absolute Gasteiger partial charge is 0.393 e. The second-order valence-electron chi connectivity index (χ2n) is 11.1. The summed E-state index contributed by atoms with van der Waals surface area (Å²) in [6, 6.07) is 22.7. The van der Waals surface area contributed by atoms with Crippen molar-refractivity contribution in [3.8, 4) is 0 Å². The fraction of sp³-hybridized carbons (Fsp3) is 0.500. The van der Waals surface area contributed by atoms with Crippen molar-refractivity contribution >= 4 is 48.0 Å². The summed E-state index contributed by atoms with van der Waals surface area (Å²) in [5, 5.41) is 13.1. The van der Waals surface area contributed by atoms with Gasteiger partial charge >= 0.3 is 0 Å². The van der Waals surface area contributed by atoms with Crippen LogP contribution in [-0.4, -0.2) is 84.8 Å². The zero-order valence-corrected chi connectivity index (χ0v) is 25.9. The molecule has 2 fully saturated rings. The normalized spacial score (nSPS) is 21.2. The van der Waals surface area contributed by atoms with Gasteiger partial charge in [0, 0.05) is 51.2 Å². The van der Waals surface area contributed by atoms with Gasteiger partial charge in [0.1, 0.15) is 5.82 Å². The third-order valence-electron chi connectivity index (χ3n) is 8.63. The number of likely N-dealkylation sites (tertiary alicyclic amines) is 1. The van der Waals surface area contributed by atoms with E-state index in [0.29, 0.717) is 0 Å². The lowest BCUT2D eigenvalue weighted by molar-refractivity contribution is 0.0338. The van der Waals surface area contributed by atoms with E-state index in [1.807, 2.05) is 12.1 Å². The number of likely N-dealkylation sites (N-methyl/N-ethyl adjacent to an activating group) is 1. The van der Waals surface area contributed by atoms with Gasteiger partial charge < -0.3 is 19.8 Å². The maximum atomic E-state index is 13.7. The van der Waals surface area contributed by atoms with Crippen LogP contribution in [0.25, 0.3) is 10.8 Å². The highest BCUT2D eigenvalue weighted by Gasteiger charge is 2.34. The van der Waals surface area contributed by atoms with Gasteiger partial charge in [-0.25, -0.2) is 4.39 Å². The number of hydrogen-bond acceptors (Lipinski definition) is 4. The molecular weight excluding hydrogens is 568 g/mol. The van der Waals surface area contributed by atoms with E-state index in [1.54, 1.807) is 12.1 Å². The first kappa shape index (κ1) is 34.8. The fourth-order valence-corrected chi connectivity index (χ4v) is 6.36. The lowest BCUT2D eigenvalue weighted by atomic mass is 9.84. The van der Waals surface area contributed by atoms with Gasteiger partial charge in [-0.1, -0.05) is 54.6 Å². The van der Waals surface area contributed by atoms with Crippen LogP contribution in [0.3, 0.4) is 0 Å². The summed E-state index contributed by atoms with van der Waals surface area (Å²) in [6.07, 6.45) is 4.97. The van der Waals surface area contributed by atoms with Crippen LogP contribution >= 0.6 is 37.2 Å². The number of piperidine rings is 1. The minimum atomic E-state index is -0.241. The van der Waals surface area contributed by atoms with Gasteiger partial charge in [-0.15, -0.1) is 37.2 Å². The van der Waals surface area contributed by atoms with Gasteiger partial charge in [0.2, 0.25) is 0 Å². The first-order chi connectivity index (χ1) is 18.1. The van der Waals surface area contributed by atoms with Gasteiger partial charge in [-0.3, -0.25) is 0 Å². The molecule has 3 atom stereocenters. The van der Waals surface area contributed by atoms with E-state index < -0.39 is 0 Å². The van der Waals surface area contributed by atoms with E-state index in [1.165, 1.54) is 34.7 Å². The van der Waals surface area contributed by atoms with E-state index in [4.69, 9.17) is 0 Å². The number of rotatable bonds is 9. The Morgan fingerprint density at radius 2 is 1.50 bits per heavy atom. The Balaban J connectivity index is 0.00000187. The lowest BCUT2D eigenvalue weighted by Gasteiger charge is -2.43. The molecule has 1 N–H and O–H groups in total. The Bertz CT molecular complexity index is 1140. The van der Waals surface area contributed by atoms with E-state index in [-0.39, 0.29) is 61.1 Å². The molecule has 0 amide bonds. The lowest BCUT2D eigenvalue weighted by Crippen LogP contribution is -2.51. The summed E-state index contributed by atoms with van der Waals surface area (Å²) in [5.74, 6) is 0.0846. The van der Waals surface area contributed by atoms with Crippen LogP contribution in [0, 0.1) is 5.82 Å². The maximum absolute atomic E-state index is 13.7. The zero-order valence-electron chi connectivity index (χ0n) is 23.5. The van der Waals surface area contributed by atoms with Crippen molar-refractivity contribution in [3.05, 3.63) is 83.7 Å². The van der Waals surface area contributed by atoms with Crippen LogP contribution in [0.15, 0.2) is 66.7 Å². The zero-order chi connectivity index (χ0) is 25.6. The number of halogens is 4. The Labute approximate surface area is 258 Å². The highest BCUT2D eigenvalue weighted by atomic mass is 35.5. The van der Waals surface area contributed by atoms with Gasteiger partial charge in [0.05, 0.1) is 6.10 Å². The number of aliphatic hydroxyl groups is 1. The smallest absolute Gasteiger partial charge is 0.123 e. The van der Waals surface area contributed by atoms with Crippen molar-refractivity contribution in [1.29, 1.82) is 0 Å². The van der Waals surface area contributed by atoms with Crippen molar-refractivity contribution in [3.63, 3.8) is 0 Å². The molecule has 0 aromatic heterocycles. The number of benzene rings is 3. The minimum Gasteiger partial charge on any atom is -0.393 e. The summed E-state index contributed by atoms with van der Waals surface area (Å²) in [6.45, 7) is 7.39. The van der Waals surface area contributed by atoms with E-state index in [0.717, 1.165) is 65.1 Å². The molecule has 4 nitrogen and oxygen atoms in total. The Morgan fingerprint density at radius 1 is 0.825 bits per heavy atom. The second-order valence-corrected chi connectivity index (χ2v) is 11.1. The monoisotopic (exact) mass is 611 g/mol. The van der Waals surface area contributed by atoms with Gasteiger partial charge in [-0.2, -0.15) is 0 Å². The summed E-state index contributed by atoms with van der Waals surface area (Å²) in [4.78, 5) is 7.59. The molecule has 0 spiro atoms. The Hall–Kier alpha value is -1.44. The van der Waals surface area contributed by atoms with Crippen LogP contribution in [-0.2, 0) is 6.42 Å². The topological polar surface area (TPSA) is 30.0 Å². The number of aliphatic hydroxyl groups excluding tert-OH is 1. The van der Waals surface area contributed by atoms with Crippen LogP contribution < -0.4 is 0 Å². The SMILES string of the molecule is CN1CCC(O)CC1C(CN1CCN(CCCCc2cccc3ccccc23)CC1)c1ccc(F)cc1.Cl.Cl.Cl. The van der Waals surface area contributed by atoms with Crippen LogP contribution in [0.5, 0.6) is 0 Å². The van der Waals surface area contributed by atoms with Crippen LogP contribution in [0.4, 0.5) is 4.39 Å². The highest BCUT2D eigenvalue weighted by Crippen LogP contribution is 2.31. The Kier molecular flexibility index (Phi) is 14.7. The quantitative estimate of drug-likeness (QED) is 0.283. The third-order valence-corrected chi connectivity index (χ3v) is 8.63. The molecule has 2 heterocycles. The minimum absolute atomic E-state index is 0. The van der Waals surface area contributed by atoms with Crippen molar-refractivity contribution in [2.75, 3.05) is 52.9 Å². The molecule has 2 saturated heterocycles. The molecular formula is C32H45Cl3FN3O. The van der Waals surface area contributed by atoms with E-state index in [2.05, 4.69) is 64.2 Å². The average molecular weight is 613 g/mol. The molecule has 3 unspecified atom stereocenters. The first-order valence-corrected chi connectivity index (χ1v) is 14.1. The average Bonchev–Trinajstić information content (AvgIpc) is 2.92. The molecule has 40 heavy (non-hydrogen) atoms. The van der Waals surface area contributed by atoms with Crippen molar-refractivity contribution in [1.82, 2.24) is 14.7 Å². The number of fused-ring (bicyclic) bond motifs is 1. The summed E-state index contributed by atoms with van der Waals surface area (Å²) >= 11 is 0. The molecule has 0 saturated carbocycles. The molecule has 222 valence electrons. The van der Waals surface area contributed by atoms with Crippen molar-refractivity contribution < 1.29 is 9.50 Å². The van der Waals surface area contributed by atoms with Crippen LogP contribution in [0.1, 0.15) is 42.7 Å². The Morgan fingerprint density at radius 3 is 2.25 bits per heavy atom. The number of hydrogen-bond donors (Lipinski definition) is 1. The third kappa shape index (κ3) is 9.03. The number of aryl methyl sites for hydroxylation is 1. The standard InChI is InChI=1S/C32H42FN3O.3ClH/c1-34-18-16-29(37)23-32(34)31(27-12-14-28(33)15-13-27)24-36-21-19-35(20-22-36)17-5-4-8-26-10-6-9-25-7-2-3-11-30(25)26;;;/h2-3,6-7,9-15,29,31-32,37H,4-5,8,16-24H2,1H3;3*1H. The molecule has 3 aromatic rings. The number of nitrogens with zero attached hydrogens (tertiary/aromatic N) is 3. The summed E-state index contributed by atoms with van der Waals surface area (Å²) in [7, 11) is 2.17. The van der Waals surface area contributed by atoms with Crippen molar-refractivity contribution in [2.45, 2.75) is 50.2 Å². The van der Waals surface area contributed by atoms with Crippen LogP contribution in [0.2, 0.25) is 0 Å². The molecule has 0 aliphatic carbocycles. The molecule has 0 radical (unpaired) electrons. The van der Waals surface area contributed by atoms with Gasteiger partial charge in [0.15, 0.2) is 0 Å². The molecule has 0 bridgehead atoms. The predicted molar refractivity (Wildman–Crippen MR) is 172 cm³/mol. The summed E-state index contributed by atoms with van der Waals surface area (Å²) in [5.41, 5.74) is 2.65. The number of unbranched alkanes of at least 4 members (excludes halogenated alkanes) is 1. The maximum Gasteiger partial charge on any atom is 0.123 e. The molecule has 2 aliphatic rings. The highest BCUT2D eigenvalue weighted by molar-refractivity contribution is 5.86. The second kappa shape index (κ2) is 16.9.